The molecular formula is C24H23N3O2S. The van der Waals surface area contributed by atoms with Crippen molar-refractivity contribution in [3.63, 3.8) is 0 Å². The van der Waals surface area contributed by atoms with E-state index in [0.29, 0.717) is 13.1 Å². The van der Waals surface area contributed by atoms with Crippen molar-refractivity contribution in [2.45, 2.75) is 32.4 Å². The van der Waals surface area contributed by atoms with Crippen molar-refractivity contribution in [2.24, 2.45) is 5.92 Å². The molecule has 0 saturated heterocycles. The lowest BCUT2D eigenvalue weighted by molar-refractivity contribution is -0.122. The first-order valence-corrected chi connectivity index (χ1v) is 11.1. The number of benzene rings is 2. The van der Waals surface area contributed by atoms with Crippen LogP contribution in [-0.4, -0.2) is 10.9 Å². The fraction of sp³-hybridized carbons (Fsp3) is 0.250. The van der Waals surface area contributed by atoms with Crippen molar-refractivity contribution in [3.8, 4) is 10.8 Å². The molecule has 5 rings (SSSR count). The van der Waals surface area contributed by atoms with E-state index >= 15 is 0 Å². The van der Waals surface area contributed by atoms with E-state index in [4.69, 9.17) is 4.42 Å². The summed E-state index contributed by atoms with van der Waals surface area (Å²) in [6.07, 6.45) is 3.18. The van der Waals surface area contributed by atoms with Crippen LogP contribution in [0.25, 0.3) is 21.0 Å². The predicted molar refractivity (Wildman–Crippen MR) is 120 cm³/mol. The number of furan rings is 1. The zero-order valence-corrected chi connectivity index (χ0v) is 17.4. The molecule has 0 atom stereocenters. The highest BCUT2D eigenvalue weighted by atomic mass is 32.1. The number of anilines is 1. The first-order chi connectivity index (χ1) is 14.7. The van der Waals surface area contributed by atoms with Gasteiger partial charge >= 0.3 is 0 Å². The third-order valence-electron chi connectivity index (χ3n) is 5.47. The molecule has 0 aliphatic heterocycles. The van der Waals surface area contributed by atoms with E-state index in [9.17, 15) is 4.79 Å². The van der Waals surface area contributed by atoms with Crippen molar-refractivity contribution in [3.05, 3.63) is 72.0 Å². The van der Waals surface area contributed by atoms with E-state index in [-0.39, 0.29) is 11.8 Å². The molecule has 0 bridgehead atoms. The first kappa shape index (κ1) is 19.0. The van der Waals surface area contributed by atoms with Crippen LogP contribution in [-0.2, 0) is 17.9 Å². The van der Waals surface area contributed by atoms with Crippen LogP contribution in [0.1, 0.15) is 30.6 Å². The van der Waals surface area contributed by atoms with Crippen LogP contribution in [0.15, 0.2) is 65.1 Å². The second-order valence-corrected chi connectivity index (χ2v) is 8.70. The molecular weight excluding hydrogens is 394 g/mol. The van der Waals surface area contributed by atoms with Gasteiger partial charge in [-0.15, -0.1) is 11.3 Å². The van der Waals surface area contributed by atoms with Gasteiger partial charge in [0.2, 0.25) is 5.91 Å². The molecule has 30 heavy (non-hydrogen) atoms. The molecule has 5 nitrogen and oxygen atoms in total. The van der Waals surface area contributed by atoms with Gasteiger partial charge in [-0.25, -0.2) is 4.98 Å². The zero-order chi connectivity index (χ0) is 20.3. The first-order valence-electron chi connectivity index (χ1n) is 10.3. The molecule has 2 N–H and O–H groups in total. The standard InChI is InChI=1S/C24H23N3O2S/c28-23(17-6-4-7-17)26-18-8-3-5-16(13-18)14-25-15-19-11-12-21(29-19)24-27-20-9-1-2-10-22(20)30-24/h1-3,5,8-13,17,25H,4,6-7,14-15H2,(H,26,28). The highest BCUT2D eigenvalue weighted by Gasteiger charge is 2.25. The highest BCUT2D eigenvalue weighted by Crippen LogP contribution is 2.31. The summed E-state index contributed by atoms with van der Waals surface area (Å²) in [4.78, 5) is 16.8. The molecule has 2 aromatic carbocycles. The van der Waals surface area contributed by atoms with E-state index in [1.807, 2.05) is 48.5 Å². The maximum absolute atomic E-state index is 12.1. The maximum atomic E-state index is 12.1. The second kappa shape index (κ2) is 8.42. The molecule has 152 valence electrons. The number of fused-ring (bicyclic) bond motifs is 1. The summed E-state index contributed by atoms with van der Waals surface area (Å²) < 4.78 is 7.15. The Morgan fingerprint density at radius 2 is 1.97 bits per heavy atom. The largest absolute Gasteiger partial charge is 0.457 e. The summed E-state index contributed by atoms with van der Waals surface area (Å²) in [6.45, 7) is 1.33. The lowest BCUT2D eigenvalue weighted by Gasteiger charge is -2.24. The molecule has 0 unspecified atom stereocenters. The van der Waals surface area contributed by atoms with Crippen LogP contribution in [0, 0.1) is 5.92 Å². The second-order valence-electron chi connectivity index (χ2n) is 7.67. The van der Waals surface area contributed by atoms with Crippen molar-refractivity contribution >= 4 is 33.1 Å². The number of nitrogens with one attached hydrogen (secondary N) is 2. The zero-order valence-electron chi connectivity index (χ0n) is 16.6. The third-order valence-corrected chi connectivity index (χ3v) is 6.52. The Hall–Kier alpha value is -2.96. The number of carbonyl (C=O) groups excluding carboxylic acids is 1. The van der Waals surface area contributed by atoms with Crippen LogP contribution in [0.3, 0.4) is 0 Å². The van der Waals surface area contributed by atoms with Gasteiger partial charge in [0.05, 0.1) is 16.8 Å². The van der Waals surface area contributed by atoms with Gasteiger partial charge in [-0.05, 0) is 54.8 Å². The van der Waals surface area contributed by atoms with Crippen molar-refractivity contribution in [2.75, 3.05) is 5.32 Å². The van der Waals surface area contributed by atoms with Crippen molar-refractivity contribution < 1.29 is 9.21 Å². The fourth-order valence-corrected chi connectivity index (χ4v) is 4.50. The van der Waals surface area contributed by atoms with E-state index in [1.54, 1.807) is 11.3 Å². The maximum Gasteiger partial charge on any atom is 0.227 e. The molecule has 6 heteroatoms. The number of amides is 1. The monoisotopic (exact) mass is 417 g/mol. The minimum atomic E-state index is 0.143. The van der Waals surface area contributed by atoms with E-state index < -0.39 is 0 Å². The molecule has 2 heterocycles. The Kier molecular flexibility index (Phi) is 5.34. The molecule has 1 amide bonds. The number of thiazole rings is 1. The van der Waals surface area contributed by atoms with Gasteiger partial charge < -0.3 is 15.1 Å². The molecule has 2 aromatic heterocycles. The highest BCUT2D eigenvalue weighted by molar-refractivity contribution is 7.21. The van der Waals surface area contributed by atoms with Gasteiger partial charge in [-0.3, -0.25) is 4.79 Å². The van der Waals surface area contributed by atoms with Crippen LogP contribution in [0.2, 0.25) is 0 Å². The number of nitrogens with zero attached hydrogens (tertiary/aromatic N) is 1. The van der Waals surface area contributed by atoms with Gasteiger partial charge in [0.1, 0.15) is 5.76 Å². The summed E-state index contributed by atoms with van der Waals surface area (Å²) in [5, 5.41) is 7.35. The average Bonchev–Trinajstić information content (AvgIpc) is 3.33. The van der Waals surface area contributed by atoms with Gasteiger partial charge in [-0.2, -0.15) is 0 Å². The Morgan fingerprint density at radius 3 is 2.80 bits per heavy atom. The van der Waals surface area contributed by atoms with Crippen molar-refractivity contribution in [1.29, 1.82) is 0 Å². The van der Waals surface area contributed by atoms with E-state index in [1.165, 1.54) is 0 Å². The number of hydrogen-bond acceptors (Lipinski definition) is 5. The third kappa shape index (κ3) is 4.15. The van der Waals surface area contributed by atoms with Gasteiger partial charge in [0.15, 0.2) is 10.8 Å². The van der Waals surface area contributed by atoms with E-state index in [2.05, 4.69) is 27.8 Å². The van der Waals surface area contributed by atoms with Crippen LogP contribution >= 0.6 is 11.3 Å². The fourth-order valence-electron chi connectivity index (χ4n) is 3.57. The smallest absolute Gasteiger partial charge is 0.227 e. The summed E-state index contributed by atoms with van der Waals surface area (Å²) in [5.41, 5.74) is 2.99. The number of aromatic nitrogens is 1. The minimum absolute atomic E-state index is 0.143. The van der Waals surface area contributed by atoms with Crippen molar-refractivity contribution in [1.82, 2.24) is 10.3 Å². The number of para-hydroxylation sites is 1. The van der Waals surface area contributed by atoms with Crippen LogP contribution in [0.4, 0.5) is 5.69 Å². The normalized spacial score (nSPS) is 14.0. The Morgan fingerprint density at radius 1 is 1.07 bits per heavy atom. The Bertz CT molecular complexity index is 1140. The van der Waals surface area contributed by atoms with Gasteiger partial charge in [0, 0.05) is 18.2 Å². The number of rotatable bonds is 7. The number of carbonyl (C=O) groups is 1. The van der Waals surface area contributed by atoms with Crippen LogP contribution in [0.5, 0.6) is 0 Å². The summed E-state index contributed by atoms with van der Waals surface area (Å²) >= 11 is 1.64. The molecule has 1 aliphatic carbocycles. The lowest BCUT2D eigenvalue weighted by Crippen LogP contribution is -2.28. The average molecular weight is 418 g/mol. The molecule has 0 spiro atoms. The quantitative estimate of drug-likeness (QED) is 0.412. The summed E-state index contributed by atoms with van der Waals surface area (Å²) in [6, 6.07) is 20.1. The van der Waals surface area contributed by atoms with Crippen LogP contribution < -0.4 is 10.6 Å². The molecule has 0 radical (unpaired) electrons. The topological polar surface area (TPSA) is 67.2 Å². The summed E-state index contributed by atoms with van der Waals surface area (Å²) in [7, 11) is 0. The minimum Gasteiger partial charge on any atom is -0.457 e. The lowest BCUT2D eigenvalue weighted by atomic mass is 9.85. The molecule has 1 fully saturated rings. The SMILES string of the molecule is O=C(Nc1cccc(CNCc2ccc(-c3nc4ccccc4s3)o2)c1)C1CCC1. The molecule has 1 aliphatic rings. The summed E-state index contributed by atoms with van der Waals surface area (Å²) in [5.74, 6) is 2.01. The Labute approximate surface area is 179 Å². The Balaban J connectivity index is 1.17. The number of hydrogen-bond donors (Lipinski definition) is 2. The molecule has 1 saturated carbocycles. The van der Waals surface area contributed by atoms with Gasteiger partial charge in [-0.1, -0.05) is 30.7 Å². The predicted octanol–water partition coefficient (Wildman–Crippen LogP) is 5.58. The van der Waals surface area contributed by atoms with Gasteiger partial charge in [0.25, 0.3) is 0 Å². The molecule has 4 aromatic rings. The van der Waals surface area contributed by atoms with E-state index in [0.717, 1.165) is 57.3 Å².